The van der Waals surface area contributed by atoms with E-state index in [0.29, 0.717) is 49.0 Å². The van der Waals surface area contributed by atoms with Gasteiger partial charge in [-0.15, -0.1) is 0 Å². The third kappa shape index (κ3) is 5.17. The molecule has 2 saturated heterocycles. The lowest BCUT2D eigenvalue weighted by Crippen LogP contribution is -2.47. The van der Waals surface area contributed by atoms with Crippen LogP contribution in [-0.2, 0) is 16.6 Å². The Bertz CT molecular complexity index is 1560. The Balaban J connectivity index is 1.36. The molecule has 0 radical (unpaired) electrons. The molecule has 3 aliphatic heterocycles. The minimum atomic E-state index is -3.94. The summed E-state index contributed by atoms with van der Waals surface area (Å²) in [6.07, 6.45) is 4.04. The number of fused-ring (bicyclic) bond motifs is 4. The zero-order valence-electron chi connectivity index (χ0n) is 21.6. The molecule has 2 unspecified atom stereocenters. The Hall–Kier alpha value is -3.30. The summed E-state index contributed by atoms with van der Waals surface area (Å²) in [4.78, 5) is 29.9. The SMILES string of the molecule is O=C(c1ccc(N2CC3CC(C2)c2cccc(=O)n2C3)c(NS(=O)(=O)c2ccc(Cl)cc2)c1)N1CCCCC1. The summed E-state index contributed by atoms with van der Waals surface area (Å²) in [6, 6.07) is 16.8. The van der Waals surface area contributed by atoms with E-state index in [1.807, 2.05) is 21.6 Å². The van der Waals surface area contributed by atoms with Crippen molar-refractivity contribution < 1.29 is 13.2 Å². The highest BCUT2D eigenvalue weighted by Gasteiger charge is 2.35. The van der Waals surface area contributed by atoms with Gasteiger partial charge in [-0.2, -0.15) is 0 Å². The van der Waals surface area contributed by atoms with Crippen LogP contribution in [0.1, 0.15) is 47.7 Å². The zero-order valence-corrected chi connectivity index (χ0v) is 23.1. The first-order chi connectivity index (χ1) is 18.8. The Morgan fingerprint density at radius 3 is 2.46 bits per heavy atom. The van der Waals surface area contributed by atoms with Crippen LogP contribution in [0, 0.1) is 5.92 Å². The maximum Gasteiger partial charge on any atom is 0.261 e. The van der Waals surface area contributed by atoms with Gasteiger partial charge in [-0.1, -0.05) is 17.7 Å². The number of sulfonamides is 1. The van der Waals surface area contributed by atoms with Gasteiger partial charge in [0.25, 0.3) is 21.5 Å². The minimum absolute atomic E-state index is 0.0210. The van der Waals surface area contributed by atoms with Crippen molar-refractivity contribution in [1.82, 2.24) is 9.47 Å². The number of rotatable bonds is 5. The fraction of sp³-hybridized carbons (Fsp3) is 0.379. The summed E-state index contributed by atoms with van der Waals surface area (Å²) in [5.41, 5.74) is 2.60. The molecule has 1 N–H and O–H groups in total. The van der Waals surface area contributed by atoms with Gasteiger partial charge in [-0.3, -0.25) is 14.3 Å². The first-order valence-corrected chi connectivity index (χ1v) is 15.3. The van der Waals surface area contributed by atoms with Crippen molar-refractivity contribution in [3.63, 3.8) is 0 Å². The summed E-state index contributed by atoms with van der Waals surface area (Å²) < 4.78 is 31.5. The second-order valence-electron chi connectivity index (χ2n) is 10.7. The number of hydrogen-bond acceptors (Lipinski definition) is 5. The largest absolute Gasteiger partial charge is 0.369 e. The molecule has 204 valence electrons. The predicted molar refractivity (Wildman–Crippen MR) is 152 cm³/mol. The number of amides is 1. The van der Waals surface area contributed by atoms with Crippen molar-refractivity contribution in [2.24, 2.45) is 5.92 Å². The number of nitrogens with zero attached hydrogens (tertiary/aromatic N) is 3. The molecule has 2 bridgehead atoms. The number of halogens is 1. The number of benzene rings is 2. The normalized spacial score (nSPS) is 20.8. The molecule has 39 heavy (non-hydrogen) atoms. The summed E-state index contributed by atoms with van der Waals surface area (Å²) in [5.74, 6) is 0.325. The van der Waals surface area contributed by atoms with Gasteiger partial charge in [0.2, 0.25) is 0 Å². The maximum absolute atomic E-state index is 13.4. The van der Waals surface area contributed by atoms with Gasteiger partial charge in [-0.25, -0.2) is 8.42 Å². The molecule has 10 heteroatoms. The van der Waals surface area contributed by atoms with Crippen molar-refractivity contribution in [2.45, 2.75) is 43.0 Å². The number of pyridine rings is 1. The van der Waals surface area contributed by atoms with E-state index in [4.69, 9.17) is 11.6 Å². The van der Waals surface area contributed by atoms with Crippen LogP contribution in [0.15, 0.2) is 70.4 Å². The monoisotopic (exact) mass is 566 g/mol. The Labute approximate surface area is 233 Å². The Kier molecular flexibility index (Phi) is 6.89. The van der Waals surface area contributed by atoms with Crippen LogP contribution >= 0.6 is 11.6 Å². The van der Waals surface area contributed by atoms with E-state index in [-0.39, 0.29) is 28.2 Å². The van der Waals surface area contributed by atoms with Gasteiger partial charge in [0.05, 0.1) is 16.3 Å². The highest BCUT2D eigenvalue weighted by atomic mass is 35.5. The van der Waals surface area contributed by atoms with E-state index in [9.17, 15) is 18.0 Å². The molecule has 6 rings (SSSR count). The van der Waals surface area contributed by atoms with Crippen molar-refractivity contribution in [1.29, 1.82) is 0 Å². The fourth-order valence-corrected chi connectivity index (χ4v) is 7.41. The van der Waals surface area contributed by atoms with Gasteiger partial charge in [0.15, 0.2) is 0 Å². The van der Waals surface area contributed by atoms with Gasteiger partial charge >= 0.3 is 0 Å². The molecule has 0 saturated carbocycles. The van der Waals surface area contributed by atoms with Crippen molar-refractivity contribution in [3.05, 3.63) is 87.3 Å². The lowest BCUT2D eigenvalue weighted by atomic mass is 9.83. The predicted octanol–water partition coefficient (Wildman–Crippen LogP) is 4.55. The Morgan fingerprint density at radius 1 is 0.923 bits per heavy atom. The number of piperidine rings is 2. The second kappa shape index (κ2) is 10.4. The third-order valence-electron chi connectivity index (χ3n) is 8.08. The number of carbonyl (C=O) groups is 1. The molecule has 3 aromatic rings. The molecule has 4 heterocycles. The first kappa shape index (κ1) is 26.0. The topological polar surface area (TPSA) is 91.7 Å². The molecular formula is C29H31ClN4O4S. The van der Waals surface area contributed by atoms with E-state index in [1.54, 1.807) is 36.4 Å². The van der Waals surface area contributed by atoms with E-state index in [2.05, 4.69) is 9.62 Å². The summed E-state index contributed by atoms with van der Waals surface area (Å²) >= 11 is 5.99. The van der Waals surface area contributed by atoms with Crippen molar-refractivity contribution >= 4 is 38.9 Å². The van der Waals surface area contributed by atoms with E-state index >= 15 is 0 Å². The molecule has 0 spiro atoms. The highest BCUT2D eigenvalue weighted by molar-refractivity contribution is 7.92. The van der Waals surface area contributed by atoms with Crippen molar-refractivity contribution in [3.8, 4) is 0 Å². The van der Waals surface area contributed by atoms with Gasteiger partial charge in [0.1, 0.15) is 0 Å². The average molecular weight is 567 g/mol. The van der Waals surface area contributed by atoms with Crippen LogP contribution in [0.25, 0.3) is 0 Å². The number of aromatic nitrogens is 1. The molecule has 2 fully saturated rings. The molecule has 1 aromatic heterocycles. The number of likely N-dealkylation sites (tertiary alicyclic amines) is 1. The molecule has 2 aromatic carbocycles. The minimum Gasteiger partial charge on any atom is -0.369 e. The standard InChI is InChI=1S/C29H31ClN4O4S/c30-23-8-10-24(11-9-23)39(37,38)31-25-16-21(29(36)32-13-2-1-3-14-32)7-12-27(25)33-17-20-15-22(19-33)26-5-4-6-28(35)34(26)18-20/h4-12,16,20,22,31H,1-3,13-15,17-19H2. The zero-order chi connectivity index (χ0) is 27.1. The molecular weight excluding hydrogens is 536 g/mol. The molecule has 8 nitrogen and oxygen atoms in total. The van der Waals surface area contributed by atoms with Gasteiger partial charge < -0.3 is 14.4 Å². The average Bonchev–Trinajstić information content (AvgIpc) is 2.93. The van der Waals surface area contributed by atoms with Crippen LogP contribution < -0.4 is 15.2 Å². The molecule has 1 amide bonds. The molecule has 0 aliphatic carbocycles. The third-order valence-corrected chi connectivity index (χ3v) is 9.71. The van der Waals surface area contributed by atoms with Gasteiger partial charge in [-0.05, 0) is 80.1 Å². The summed E-state index contributed by atoms with van der Waals surface area (Å²) in [7, 11) is -3.94. The van der Waals surface area contributed by atoms with E-state index < -0.39 is 10.0 Å². The summed E-state index contributed by atoms with van der Waals surface area (Å²) in [5, 5.41) is 0.447. The summed E-state index contributed by atoms with van der Waals surface area (Å²) in [6.45, 7) is 3.39. The van der Waals surface area contributed by atoms with Crippen molar-refractivity contribution in [2.75, 3.05) is 35.8 Å². The maximum atomic E-state index is 13.4. The highest BCUT2D eigenvalue weighted by Crippen LogP contribution is 2.40. The van der Waals surface area contributed by atoms with E-state index in [1.165, 1.54) is 12.1 Å². The fourth-order valence-electron chi connectivity index (χ4n) is 6.22. The lowest BCUT2D eigenvalue weighted by Gasteiger charge is -2.44. The lowest BCUT2D eigenvalue weighted by molar-refractivity contribution is 0.0724. The van der Waals surface area contributed by atoms with E-state index in [0.717, 1.165) is 37.1 Å². The van der Waals surface area contributed by atoms with Crippen LogP contribution in [-0.4, -0.2) is 50.0 Å². The smallest absolute Gasteiger partial charge is 0.261 e. The van der Waals surface area contributed by atoms with Gasteiger partial charge in [0, 0.05) is 61.0 Å². The molecule has 2 atom stereocenters. The van der Waals surface area contributed by atoms with Crippen LogP contribution in [0.4, 0.5) is 11.4 Å². The first-order valence-electron chi connectivity index (χ1n) is 13.4. The van der Waals surface area contributed by atoms with Crippen LogP contribution in [0.5, 0.6) is 0 Å². The quantitative estimate of drug-likeness (QED) is 0.489. The number of carbonyl (C=O) groups excluding carboxylic acids is 1. The van der Waals surface area contributed by atoms with Crippen LogP contribution in [0.2, 0.25) is 5.02 Å². The second-order valence-corrected chi connectivity index (χ2v) is 12.9. The number of nitrogens with one attached hydrogen (secondary N) is 1. The number of anilines is 2. The molecule has 3 aliphatic rings. The number of hydrogen-bond donors (Lipinski definition) is 1. The Morgan fingerprint density at radius 2 is 1.69 bits per heavy atom. The van der Waals surface area contributed by atoms with Crippen LogP contribution in [0.3, 0.4) is 0 Å².